The second-order valence-corrected chi connectivity index (χ2v) is 7.80. The minimum absolute atomic E-state index is 0.0454. The van der Waals surface area contributed by atoms with Gasteiger partial charge in [0.15, 0.2) is 17.0 Å². The van der Waals surface area contributed by atoms with Crippen molar-refractivity contribution < 1.29 is 13.9 Å². The van der Waals surface area contributed by atoms with Gasteiger partial charge in [0.25, 0.3) is 5.91 Å². The molecule has 10 heteroatoms. The molecule has 5 rings (SSSR count). The fraction of sp³-hybridized carbons (Fsp3) is 0.409. The molecule has 2 aliphatic heterocycles. The smallest absolute Gasteiger partial charge is 0.287 e. The molecule has 0 unspecified atom stereocenters. The fourth-order valence-corrected chi connectivity index (χ4v) is 3.90. The van der Waals surface area contributed by atoms with Crippen LogP contribution < -0.4 is 20.5 Å². The van der Waals surface area contributed by atoms with Crippen LogP contribution in [0.5, 0.6) is 0 Å². The predicted molar refractivity (Wildman–Crippen MR) is 118 cm³/mol. The van der Waals surface area contributed by atoms with E-state index in [4.69, 9.17) is 9.15 Å². The van der Waals surface area contributed by atoms with E-state index in [9.17, 15) is 9.59 Å². The maximum Gasteiger partial charge on any atom is 0.287 e. The minimum Gasteiger partial charge on any atom is -0.451 e. The molecule has 1 amide bonds. The molecule has 0 aliphatic carbocycles. The number of fused-ring (bicyclic) bond motifs is 1. The summed E-state index contributed by atoms with van der Waals surface area (Å²) < 4.78 is 11.1. The lowest BCUT2D eigenvalue weighted by Crippen LogP contribution is -2.38. The molecule has 3 aromatic rings. The summed E-state index contributed by atoms with van der Waals surface area (Å²) in [5.41, 5.74) is 0.110. The summed E-state index contributed by atoms with van der Waals surface area (Å²) in [5, 5.41) is 3.21. The highest BCUT2D eigenvalue weighted by molar-refractivity contribution is 5.93. The van der Waals surface area contributed by atoms with Gasteiger partial charge in [-0.25, -0.2) is 0 Å². The molecule has 2 saturated heterocycles. The molecule has 0 radical (unpaired) electrons. The van der Waals surface area contributed by atoms with Crippen molar-refractivity contribution in [2.24, 2.45) is 0 Å². The number of anilines is 2. The Bertz CT molecular complexity index is 1180. The Hall–Kier alpha value is -3.53. The molecular formula is C22H24N6O4. The first-order valence-electron chi connectivity index (χ1n) is 10.8. The van der Waals surface area contributed by atoms with Gasteiger partial charge in [0.1, 0.15) is 5.58 Å². The third kappa shape index (κ3) is 4.26. The molecule has 2 fully saturated rings. The van der Waals surface area contributed by atoms with Crippen LogP contribution in [0.25, 0.3) is 11.0 Å². The SMILES string of the molecule is O=C(NCc1nc(N2CCCC2)nc(N2CCOCC2)n1)c1cc(=O)c2ccccc2o1. The Morgan fingerprint density at radius 3 is 2.41 bits per heavy atom. The number of benzene rings is 1. The highest BCUT2D eigenvalue weighted by atomic mass is 16.5. The highest BCUT2D eigenvalue weighted by Gasteiger charge is 2.21. The molecule has 0 atom stereocenters. The molecule has 0 saturated carbocycles. The lowest BCUT2D eigenvalue weighted by atomic mass is 10.2. The van der Waals surface area contributed by atoms with Crippen LogP contribution in [-0.4, -0.2) is 60.3 Å². The van der Waals surface area contributed by atoms with Gasteiger partial charge in [-0.05, 0) is 25.0 Å². The van der Waals surface area contributed by atoms with Crippen LogP contribution in [0.15, 0.2) is 39.5 Å². The summed E-state index contributed by atoms with van der Waals surface area (Å²) in [6.07, 6.45) is 2.21. The first kappa shape index (κ1) is 20.4. The van der Waals surface area contributed by atoms with Crippen LogP contribution in [-0.2, 0) is 11.3 Å². The lowest BCUT2D eigenvalue weighted by Gasteiger charge is -2.28. The second-order valence-electron chi connectivity index (χ2n) is 7.80. The summed E-state index contributed by atoms with van der Waals surface area (Å²) in [6, 6.07) is 8.05. The van der Waals surface area contributed by atoms with E-state index in [1.54, 1.807) is 24.3 Å². The van der Waals surface area contributed by atoms with Gasteiger partial charge in [-0.15, -0.1) is 0 Å². The molecule has 2 aromatic heterocycles. The number of nitrogens with zero attached hydrogens (tertiary/aromatic N) is 5. The number of carbonyl (C=O) groups excluding carboxylic acids is 1. The number of amides is 1. The number of rotatable bonds is 5. The van der Waals surface area contributed by atoms with Gasteiger partial charge in [0.05, 0.1) is 25.1 Å². The van der Waals surface area contributed by atoms with Crippen LogP contribution in [0.4, 0.5) is 11.9 Å². The third-order valence-electron chi connectivity index (χ3n) is 5.61. The zero-order valence-corrected chi connectivity index (χ0v) is 17.6. The number of hydrogen-bond donors (Lipinski definition) is 1. The molecule has 0 bridgehead atoms. The average Bonchev–Trinajstić information content (AvgIpc) is 3.38. The van der Waals surface area contributed by atoms with Gasteiger partial charge >= 0.3 is 0 Å². The second kappa shape index (κ2) is 8.91. The molecule has 166 valence electrons. The predicted octanol–water partition coefficient (Wildman–Crippen LogP) is 1.34. The molecular weight excluding hydrogens is 412 g/mol. The van der Waals surface area contributed by atoms with Crippen LogP contribution in [0.2, 0.25) is 0 Å². The van der Waals surface area contributed by atoms with Crippen molar-refractivity contribution in [2.45, 2.75) is 19.4 Å². The maximum absolute atomic E-state index is 12.7. The largest absolute Gasteiger partial charge is 0.451 e. The number of ether oxygens (including phenoxy) is 1. The van der Waals surface area contributed by atoms with Gasteiger partial charge < -0.3 is 24.3 Å². The Balaban J connectivity index is 1.37. The van der Waals surface area contributed by atoms with Crippen LogP contribution >= 0.6 is 0 Å². The zero-order valence-electron chi connectivity index (χ0n) is 17.6. The maximum atomic E-state index is 12.7. The van der Waals surface area contributed by atoms with Crippen LogP contribution in [0, 0.1) is 0 Å². The summed E-state index contributed by atoms with van der Waals surface area (Å²) in [7, 11) is 0. The summed E-state index contributed by atoms with van der Waals surface area (Å²) in [4.78, 5) is 43.0. The standard InChI is InChI=1S/C22H24N6O4/c29-16-13-18(32-17-6-2-1-5-15(16)17)20(30)23-14-19-24-21(27-7-3-4-8-27)26-22(25-19)28-9-11-31-12-10-28/h1-2,5-6,13H,3-4,7-12,14H2,(H,23,30). The van der Waals surface area contributed by atoms with E-state index in [1.165, 1.54) is 6.07 Å². The molecule has 1 N–H and O–H groups in total. The molecule has 10 nitrogen and oxygen atoms in total. The van der Waals surface area contributed by atoms with Gasteiger partial charge in [-0.3, -0.25) is 9.59 Å². The monoisotopic (exact) mass is 436 g/mol. The molecule has 1 aromatic carbocycles. The number of morpholine rings is 1. The van der Waals surface area contributed by atoms with Crippen molar-refractivity contribution in [1.29, 1.82) is 0 Å². The number of carbonyl (C=O) groups is 1. The summed E-state index contributed by atoms with van der Waals surface area (Å²) in [6.45, 7) is 4.56. The van der Waals surface area contributed by atoms with E-state index in [0.29, 0.717) is 55.0 Å². The van der Waals surface area contributed by atoms with Crippen molar-refractivity contribution in [1.82, 2.24) is 20.3 Å². The first-order chi connectivity index (χ1) is 15.7. The van der Waals surface area contributed by atoms with Crippen LogP contribution in [0.1, 0.15) is 29.2 Å². The van der Waals surface area contributed by atoms with Crippen molar-refractivity contribution in [3.63, 3.8) is 0 Å². The topological polar surface area (TPSA) is 114 Å². The van der Waals surface area contributed by atoms with E-state index in [0.717, 1.165) is 25.9 Å². The number of hydrogen-bond acceptors (Lipinski definition) is 9. The van der Waals surface area contributed by atoms with Gasteiger partial charge in [-0.2, -0.15) is 15.0 Å². The number of aromatic nitrogens is 3. The van der Waals surface area contributed by atoms with E-state index < -0.39 is 5.91 Å². The van der Waals surface area contributed by atoms with E-state index in [-0.39, 0.29) is 17.7 Å². The molecule has 2 aliphatic rings. The Morgan fingerprint density at radius 1 is 0.969 bits per heavy atom. The average molecular weight is 436 g/mol. The van der Waals surface area contributed by atoms with Gasteiger partial charge in [-0.1, -0.05) is 12.1 Å². The van der Waals surface area contributed by atoms with E-state index >= 15 is 0 Å². The quantitative estimate of drug-likeness (QED) is 0.633. The van der Waals surface area contributed by atoms with Crippen molar-refractivity contribution in [2.75, 3.05) is 49.2 Å². The lowest BCUT2D eigenvalue weighted by molar-refractivity contribution is 0.0922. The third-order valence-corrected chi connectivity index (χ3v) is 5.61. The Labute approximate surface area is 184 Å². The molecule has 32 heavy (non-hydrogen) atoms. The van der Waals surface area contributed by atoms with E-state index in [2.05, 4.69) is 30.1 Å². The normalized spacial score (nSPS) is 16.5. The summed E-state index contributed by atoms with van der Waals surface area (Å²) in [5.74, 6) is 1.13. The Morgan fingerprint density at radius 2 is 1.66 bits per heavy atom. The number of para-hydroxylation sites is 1. The Kier molecular flexibility index (Phi) is 5.68. The van der Waals surface area contributed by atoms with Crippen molar-refractivity contribution >= 4 is 28.8 Å². The zero-order chi connectivity index (χ0) is 21.9. The minimum atomic E-state index is -0.496. The summed E-state index contributed by atoms with van der Waals surface area (Å²) >= 11 is 0. The molecule has 0 spiro atoms. The van der Waals surface area contributed by atoms with Crippen molar-refractivity contribution in [3.8, 4) is 0 Å². The first-order valence-corrected chi connectivity index (χ1v) is 10.8. The van der Waals surface area contributed by atoms with Crippen LogP contribution in [0.3, 0.4) is 0 Å². The van der Waals surface area contributed by atoms with E-state index in [1.807, 2.05) is 0 Å². The number of nitrogens with one attached hydrogen (secondary N) is 1. The highest BCUT2D eigenvalue weighted by Crippen LogP contribution is 2.19. The molecule has 4 heterocycles. The fourth-order valence-electron chi connectivity index (χ4n) is 3.90. The van der Waals surface area contributed by atoms with Gasteiger partial charge in [0, 0.05) is 32.2 Å². The van der Waals surface area contributed by atoms with Gasteiger partial charge in [0.2, 0.25) is 11.9 Å². The van der Waals surface area contributed by atoms with Crippen molar-refractivity contribution in [3.05, 3.63) is 52.1 Å².